The van der Waals surface area contributed by atoms with Gasteiger partial charge in [-0.2, -0.15) is 0 Å². The molecule has 4 nitrogen and oxygen atoms in total. The zero-order chi connectivity index (χ0) is 16.2. The molecule has 0 aliphatic rings. The molecule has 1 atom stereocenters. The maximum Gasteiger partial charge on any atom is 0.251 e. The van der Waals surface area contributed by atoms with Gasteiger partial charge in [-0.15, -0.1) is 0 Å². The zero-order valence-electron chi connectivity index (χ0n) is 13.4. The molecule has 0 bridgehead atoms. The molecule has 0 aliphatic carbocycles. The molecule has 1 aromatic heterocycles. The van der Waals surface area contributed by atoms with E-state index >= 15 is 0 Å². The van der Waals surface area contributed by atoms with Crippen molar-refractivity contribution in [1.82, 2.24) is 10.3 Å². The molecule has 2 N–H and O–H groups in total. The van der Waals surface area contributed by atoms with E-state index < -0.39 is 0 Å². The maximum absolute atomic E-state index is 12.4. The van der Waals surface area contributed by atoms with Gasteiger partial charge >= 0.3 is 0 Å². The number of aliphatic hydroxyl groups excluding tert-OH is 1. The summed E-state index contributed by atoms with van der Waals surface area (Å²) < 4.78 is 0. The Hall–Kier alpha value is -1.13. The molecule has 0 radical (unpaired) electrons. The van der Waals surface area contributed by atoms with E-state index in [0.29, 0.717) is 17.1 Å². The van der Waals surface area contributed by atoms with E-state index in [9.17, 15) is 4.79 Å². The fourth-order valence-electron chi connectivity index (χ4n) is 1.98. The maximum atomic E-state index is 12.4. The number of nitrogens with one attached hydrogen (secondary N) is 1. The SMILES string of the molecule is CC(C)C(CCO)NC(=O)c1cc(Cl)nc(C(C)(C)C)c1. The molecule has 118 valence electrons. The van der Waals surface area contributed by atoms with Gasteiger partial charge in [0.25, 0.3) is 5.91 Å². The second kappa shape index (κ2) is 7.23. The number of hydrogen-bond acceptors (Lipinski definition) is 3. The van der Waals surface area contributed by atoms with Gasteiger partial charge in [0.05, 0.1) is 0 Å². The first-order valence-electron chi connectivity index (χ1n) is 7.25. The summed E-state index contributed by atoms with van der Waals surface area (Å²) >= 11 is 6.03. The quantitative estimate of drug-likeness (QED) is 0.821. The van der Waals surface area contributed by atoms with Gasteiger partial charge in [-0.3, -0.25) is 4.79 Å². The topological polar surface area (TPSA) is 62.2 Å². The molecule has 1 rings (SSSR count). The van der Waals surface area contributed by atoms with E-state index in [1.807, 2.05) is 34.6 Å². The fourth-order valence-corrected chi connectivity index (χ4v) is 2.18. The van der Waals surface area contributed by atoms with E-state index in [1.165, 1.54) is 0 Å². The van der Waals surface area contributed by atoms with Gasteiger partial charge in [-0.25, -0.2) is 4.98 Å². The molecule has 21 heavy (non-hydrogen) atoms. The lowest BCUT2D eigenvalue weighted by Gasteiger charge is -2.23. The van der Waals surface area contributed by atoms with Crippen LogP contribution in [0.5, 0.6) is 0 Å². The first-order valence-corrected chi connectivity index (χ1v) is 7.62. The van der Waals surface area contributed by atoms with Gasteiger partial charge in [0.1, 0.15) is 5.15 Å². The third kappa shape index (κ3) is 5.29. The molecule has 5 heteroatoms. The molecule has 1 heterocycles. The Morgan fingerprint density at radius 2 is 2.00 bits per heavy atom. The molecule has 0 aromatic carbocycles. The minimum absolute atomic E-state index is 0.0491. The highest BCUT2D eigenvalue weighted by Gasteiger charge is 2.21. The van der Waals surface area contributed by atoms with Crippen LogP contribution in [0.25, 0.3) is 0 Å². The number of aliphatic hydroxyl groups is 1. The Balaban J connectivity index is 2.99. The zero-order valence-corrected chi connectivity index (χ0v) is 14.2. The number of pyridine rings is 1. The van der Waals surface area contributed by atoms with Crippen molar-refractivity contribution in [2.24, 2.45) is 5.92 Å². The standard InChI is InChI=1S/C16H25ClN2O2/c1-10(2)12(6-7-20)18-15(21)11-8-13(16(3,4)5)19-14(17)9-11/h8-10,12,20H,6-7H2,1-5H3,(H,18,21). The summed E-state index contributed by atoms with van der Waals surface area (Å²) in [5.41, 5.74) is 1.11. The van der Waals surface area contributed by atoms with Crippen LogP contribution in [0.4, 0.5) is 0 Å². The third-order valence-corrected chi connectivity index (χ3v) is 3.58. The minimum Gasteiger partial charge on any atom is -0.396 e. The lowest BCUT2D eigenvalue weighted by atomic mass is 9.90. The van der Waals surface area contributed by atoms with Crippen molar-refractivity contribution in [3.8, 4) is 0 Å². The number of hydrogen-bond donors (Lipinski definition) is 2. The third-order valence-electron chi connectivity index (χ3n) is 3.39. The van der Waals surface area contributed by atoms with Crippen molar-refractivity contribution in [2.75, 3.05) is 6.61 Å². The van der Waals surface area contributed by atoms with Crippen LogP contribution in [0.2, 0.25) is 5.15 Å². The van der Waals surface area contributed by atoms with Crippen LogP contribution in [0.15, 0.2) is 12.1 Å². The number of nitrogens with zero attached hydrogens (tertiary/aromatic N) is 1. The van der Waals surface area contributed by atoms with Crippen LogP contribution in [-0.2, 0) is 5.41 Å². The molecular weight excluding hydrogens is 288 g/mol. The highest BCUT2D eigenvalue weighted by atomic mass is 35.5. The Bertz CT molecular complexity index is 496. The van der Waals surface area contributed by atoms with Crippen LogP contribution < -0.4 is 5.32 Å². The highest BCUT2D eigenvalue weighted by molar-refractivity contribution is 6.29. The normalized spacial score (nSPS) is 13.3. The molecule has 1 unspecified atom stereocenters. The van der Waals surface area contributed by atoms with E-state index in [0.717, 1.165) is 5.69 Å². The van der Waals surface area contributed by atoms with Crippen molar-refractivity contribution in [2.45, 2.75) is 52.5 Å². The Kier molecular flexibility index (Phi) is 6.17. The average Bonchev–Trinajstić information content (AvgIpc) is 2.36. The molecule has 0 fully saturated rings. The predicted octanol–water partition coefficient (Wildman–Crippen LogP) is 3.17. The molecule has 0 saturated heterocycles. The smallest absolute Gasteiger partial charge is 0.251 e. The number of rotatable bonds is 5. The van der Waals surface area contributed by atoms with E-state index in [2.05, 4.69) is 10.3 Å². The van der Waals surface area contributed by atoms with Crippen LogP contribution in [-0.4, -0.2) is 28.6 Å². The first kappa shape index (κ1) is 17.9. The predicted molar refractivity (Wildman–Crippen MR) is 85.7 cm³/mol. The summed E-state index contributed by atoms with van der Waals surface area (Å²) in [7, 11) is 0. The number of amides is 1. The largest absolute Gasteiger partial charge is 0.396 e. The van der Waals surface area contributed by atoms with E-state index in [4.69, 9.17) is 16.7 Å². The fraction of sp³-hybridized carbons (Fsp3) is 0.625. The van der Waals surface area contributed by atoms with Crippen LogP contribution in [0, 0.1) is 5.92 Å². The Morgan fingerprint density at radius 3 is 2.48 bits per heavy atom. The number of halogens is 1. The monoisotopic (exact) mass is 312 g/mol. The van der Waals surface area contributed by atoms with E-state index in [-0.39, 0.29) is 29.9 Å². The second-order valence-electron chi connectivity index (χ2n) is 6.65. The number of carbonyl (C=O) groups is 1. The molecule has 0 saturated carbocycles. The van der Waals surface area contributed by atoms with Gasteiger partial charge in [0.2, 0.25) is 0 Å². The Morgan fingerprint density at radius 1 is 1.38 bits per heavy atom. The Labute approximate surface area is 131 Å². The lowest BCUT2D eigenvalue weighted by Crippen LogP contribution is -2.39. The average molecular weight is 313 g/mol. The van der Waals surface area contributed by atoms with Crippen LogP contribution in [0.1, 0.15) is 57.1 Å². The van der Waals surface area contributed by atoms with Crippen molar-refractivity contribution in [3.63, 3.8) is 0 Å². The summed E-state index contributed by atoms with van der Waals surface area (Å²) in [5, 5.41) is 12.4. The second-order valence-corrected chi connectivity index (χ2v) is 7.04. The summed E-state index contributed by atoms with van der Waals surface area (Å²) in [5.74, 6) is 0.0671. The molecule has 1 amide bonds. The van der Waals surface area contributed by atoms with Gasteiger partial charge in [0.15, 0.2) is 0 Å². The summed E-state index contributed by atoms with van der Waals surface area (Å²) in [6.07, 6.45) is 0.536. The lowest BCUT2D eigenvalue weighted by molar-refractivity contribution is 0.0916. The first-order chi connectivity index (χ1) is 9.65. The van der Waals surface area contributed by atoms with Crippen LogP contribution >= 0.6 is 11.6 Å². The minimum atomic E-state index is -0.183. The van der Waals surface area contributed by atoms with Gasteiger partial charge < -0.3 is 10.4 Å². The van der Waals surface area contributed by atoms with Crippen molar-refractivity contribution in [3.05, 3.63) is 28.5 Å². The van der Waals surface area contributed by atoms with Crippen molar-refractivity contribution in [1.29, 1.82) is 0 Å². The van der Waals surface area contributed by atoms with Gasteiger partial charge in [-0.05, 0) is 24.5 Å². The summed E-state index contributed by atoms with van der Waals surface area (Å²) in [6, 6.07) is 3.28. The molecular formula is C16H25ClN2O2. The number of carbonyl (C=O) groups excluding carboxylic acids is 1. The van der Waals surface area contributed by atoms with Gasteiger partial charge in [0, 0.05) is 29.3 Å². The molecule has 1 aromatic rings. The molecule has 0 spiro atoms. The van der Waals surface area contributed by atoms with E-state index in [1.54, 1.807) is 12.1 Å². The summed E-state index contributed by atoms with van der Waals surface area (Å²) in [6.45, 7) is 10.1. The van der Waals surface area contributed by atoms with Crippen molar-refractivity contribution >= 4 is 17.5 Å². The summed E-state index contributed by atoms with van der Waals surface area (Å²) in [4.78, 5) is 16.7. The number of aromatic nitrogens is 1. The highest BCUT2D eigenvalue weighted by Crippen LogP contribution is 2.23. The van der Waals surface area contributed by atoms with Gasteiger partial charge in [-0.1, -0.05) is 46.2 Å². The molecule has 0 aliphatic heterocycles. The van der Waals surface area contributed by atoms with Crippen molar-refractivity contribution < 1.29 is 9.90 Å². The van der Waals surface area contributed by atoms with Crippen LogP contribution in [0.3, 0.4) is 0 Å².